The van der Waals surface area contributed by atoms with Gasteiger partial charge in [-0.15, -0.1) is 5.10 Å². The molecule has 116 valence electrons. The Labute approximate surface area is 139 Å². The van der Waals surface area contributed by atoms with E-state index in [4.69, 9.17) is 23.2 Å². The summed E-state index contributed by atoms with van der Waals surface area (Å²) in [5.41, 5.74) is 0.702. The lowest BCUT2D eigenvalue weighted by atomic mass is 10.00. The van der Waals surface area contributed by atoms with E-state index in [0.717, 1.165) is 31.8 Å². The van der Waals surface area contributed by atoms with Crippen LogP contribution in [0.2, 0.25) is 10.0 Å². The Bertz CT molecular complexity index is 656. The standard InChI is InChI=1S/C15H17Cl2N5/c1-10-5-7-22(8-6-10)15-20-13(9-18-21-15)19-12-4-2-3-11(16)14(12)17/h2-4,9-10H,5-8H2,1H3,(H,19,20,21). The molecule has 0 saturated carbocycles. The number of rotatable bonds is 3. The van der Waals surface area contributed by atoms with Gasteiger partial charge in [-0.3, -0.25) is 0 Å². The molecule has 5 nitrogen and oxygen atoms in total. The average Bonchev–Trinajstić information content (AvgIpc) is 2.53. The summed E-state index contributed by atoms with van der Waals surface area (Å²) in [5.74, 6) is 2.01. The van der Waals surface area contributed by atoms with Gasteiger partial charge in [0.05, 0.1) is 21.9 Å². The second-order valence-corrected chi connectivity index (χ2v) is 6.32. The molecule has 0 spiro atoms. The van der Waals surface area contributed by atoms with Crippen LogP contribution in [-0.2, 0) is 0 Å². The van der Waals surface area contributed by atoms with E-state index in [9.17, 15) is 0 Å². The lowest BCUT2D eigenvalue weighted by Crippen LogP contribution is -2.34. The fourth-order valence-electron chi connectivity index (χ4n) is 2.44. The minimum Gasteiger partial charge on any atom is -0.339 e. The van der Waals surface area contributed by atoms with E-state index in [2.05, 4.69) is 32.3 Å². The van der Waals surface area contributed by atoms with Gasteiger partial charge in [0, 0.05) is 13.1 Å². The Kier molecular flexibility index (Phi) is 4.64. The maximum atomic E-state index is 6.18. The molecule has 0 bridgehead atoms. The lowest BCUT2D eigenvalue weighted by Gasteiger charge is -2.29. The highest BCUT2D eigenvalue weighted by Crippen LogP contribution is 2.31. The van der Waals surface area contributed by atoms with Gasteiger partial charge in [-0.2, -0.15) is 10.1 Å². The molecule has 22 heavy (non-hydrogen) atoms. The molecule has 1 aliphatic rings. The number of benzene rings is 1. The highest BCUT2D eigenvalue weighted by atomic mass is 35.5. The molecule has 1 saturated heterocycles. The van der Waals surface area contributed by atoms with Crippen molar-refractivity contribution in [3.8, 4) is 0 Å². The smallest absolute Gasteiger partial charge is 0.247 e. The molecule has 0 unspecified atom stereocenters. The number of hydrogen-bond acceptors (Lipinski definition) is 5. The largest absolute Gasteiger partial charge is 0.339 e. The van der Waals surface area contributed by atoms with E-state index in [0.29, 0.717) is 27.5 Å². The SMILES string of the molecule is CC1CCN(c2nncc(Nc3cccc(Cl)c3Cl)n2)CC1. The number of nitrogens with zero attached hydrogens (tertiary/aromatic N) is 4. The van der Waals surface area contributed by atoms with Gasteiger partial charge in [0.1, 0.15) is 0 Å². The van der Waals surface area contributed by atoms with Crippen LogP contribution in [0.3, 0.4) is 0 Å². The topological polar surface area (TPSA) is 53.9 Å². The zero-order valence-electron chi connectivity index (χ0n) is 12.3. The van der Waals surface area contributed by atoms with Crippen LogP contribution in [-0.4, -0.2) is 28.3 Å². The summed E-state index contributed by atoms with van der Waals surface area (Å²) in [7, 11) is 0. The van der Waals surface area contributed by atoms with Crippen molar-refractivity contribution in [2.24, 2.45) is 5.92 Å². The van der Waals surface area contributed by atoms with E-state index < -0.39 is 0 Å². The molecule has 1 N–H and O–H groups in total. The van der Waals surface area contributed by atoms with E-state index >= 15 is 0 Å². The molecule has 1 aromatic heterocycles. The number of hydrogen-bond donors (Lipinski definition) is 1. The molecule has 2 aromatic rings. The first-order chi connectivity index (χ1) is 10.6. The highest BCUT2D eigenvalue weighted by Gasteiger charge is 2.18. The van der Waals surface area contributed by atoms with Crippen LogP contribution in [0.5, 0.6) is 0 Å². The zero-order valence-corrected chi connectivity index (χ0v) is 13.8. The van der Waals surface area contributed by atoms with E-state index in [-0.39, 0.29) is 0 Å². The van der Waals surface area contributed by atoms with Crippen molar-refractivity contribution in [3.05, 3.63) is 34.4 Å². The second-order valence-electron chi connectivity index (χ2n) is 5.54. The molecule has 1 aromatic carbocycles. The van der Waals surface area contributed by atoms with Gasteiger partial charge in [0.25, 0.3) is 0 Å². The Morgan fingerprint density at radius 1 is 1.23 bits per heavy atom. The fourth-order valence-corrected chi connectivity index (χ4v) is 2.78. The quantitative estimate of drug-likeness (QED) is 0.911. The lowest BCUT2D eigenvalue weighted by molar-refractivity contribution is 0.433. The minimum absolute atomic E-state index is 0.469. The van der Waals surface area contributed by atoms with Crippen LogP contribution in [0.15, 0.2) is 24.4 Å². The third-order valence-electron chi connectivity index (χ3n) is 3.83. The van der Waals surface area contributed by atoms with Gasteiger partial charge in [-0.1, -0.05) is 36.2 Å². The normalized spacial score (nSPS) is 15.9. The molecule has 7 heteroatoms. The number of halogens is 2. The number of piperidine rings is 1. The number of aromatic nitrogens is 3. The molecule has 3 rings (SSSR count). The Morgan fingerprint density at radius 2 is 2.00 bits per heavy atom. The summed E-state index contributed by atoms with van der Waals surface area (Å²) < 4.78 is 0. The maximum absolute atomic E-state index is 6.18. The maximum Gasteiger partial charge on any atom is 0.247 e. The Balaban J connectivity index is 1.78. The molecular weight excluding hydrogens is 321 g/mol. The molecular formula is C15H17Cl2N5. The van der Waals surface area contributed by atoms with Gasteiger partial charge in [-0.05, 0) is 30.9 Å². The summed E-state index contributed by atoms with van der Waals surface area (Å²) in [6.45, 7) is 4.20. The van der Waals surface area contributed by atoms with Crippen LogP contribution in [0, 0.1) is 5.92 Å². The summed E-state index contributed by atoms with van der Waals surface area (Å²) in [4.78, 5) is 6.69. The minimum atomic E-state index is 0.469. The average molecular weight is 338 g/mol. The molecule has 2 heterocycles. The first-order valence-electron chi connectivity index (χ1n) is 7.29. The highest BCUT2D eigenvalue weighted by molar-refractivity contribution is 6.43. The van der Waals surface area contributed by atoms with Crippen molar-refractivity contribution >= 4 is 40.7 Å². The van der Waals surface area contributed by atoms with E-state index in [1.54, 1.807) is 12.3 Å². The van der Waals surface area contributed by atoms with Crippen LogP contribution < -0.4 is 10.2 Å². The van der Waals surface area contributed by atoms with Gasteiger partial charge in [0.2, 0.25) is 5.95 Å². The van der Waals surface area contributed by atoms with E-state index in [1.165, 1.54) is 0 Å². The third kappa shape index (κ3) is 3.42. The fraction of sp³-hybridized carbons (Fsp3) is 0.400. The van der Waals surface area contributed by atoms with Gasteiger partial charge >= 0.3 is 0 Å². The van der Waals surface area contributed by atoms with Crippen molar-refractivity contribution < 1.29 is 0 Å². The summed E-state index contributed by atoms with van der Waals surface area (Å²) >= 11 is 12.2. The monoisotopic (exact) mass is 337 g/mol. The van der Waals surface area contributed by atoms with Gasteiger partial charge in [0.15, 0.2) is 5.82 Å². The van der Waals surface area contributed by atoms with Crippen LogP contribution in [0.25, 0.3) is 0 Å². The van der Waals surface area contributed by atoms with Crippen molar-refractivity contribution in [1.82, 2.24) is 15.2 Å². The summed E-state index contributed by atoms with van der Waals surface area (Å²) in [6, 6.07) is 5.42. The van der Waals surface area contributed by atoms with Gasteiger partial charge in [-0.25, -0.2) is 0 Å². The van der Waals surface area contributed by atoms with E-state index in [1.807, 2.05) is 12.1 Å². The number of anilines is 3. The summed E-state index contributed by atoms with van der Waals surface area (Å²) in [6.07, 6.45) is 3.88. The zero-order chi connectivity index (χ0) is 15.5. The molecule has 0 amide bonds. The van der Waals surface area contributed by atoms with Crippen molar-refractivity contribution in [3.63, 3.8) is 0 Å². The first kappa shape index (κ1) is 15.3. The molecule has 0 radical (unpaired) electrons. The molecule has 0 aliphatic carbocycles. The Morgan fingerprint density at radius 3 is 2.77 bits per heavy atom. The number of nitrogens with one attached hydrogen (secondary N) is 1. The van der Waals surface area contributed by atoms with Crippen molar-refractivity contribution in [2.75, 3.05) is 23.3 Å². The predicted molar refractivity (Wildman–Crippen MR) is 90.2 cm³/mol. The third-order valence-corrected chi connectivity index (χ3v) is 4.65. The molecule has 1 fully saturated rings. The Hall–Kier alpha value is -1.59. The van der Waals surface area contributed by atoms with Crippen LogP contribution in [0.1, 0.15) is 19.8 Å². The van der Waals surface area contributed by atoms with Gasteiger partial charge < -0.3 is 10.2 Å². The predicted octanol–water partition coefficient (Wildman–Crippen LogP) is 4.16. The molecule has 1 aliphatic heterocycles. The van der Waals surface area contributed by atoms with Crippen LogP contribution >= 0.6 is 23.2 Å². The second kappa shape index (κ2) is 6.67. The summed E-state index contributed by atoms with van der Waals surface area (Å²) in [5, 5.41) is 12.3. The van der Waals surface area contributed by atoms with Crippen molar-refractivity contribution in [1.29, 1.82) is 0 Å². The van der Waals surface area contributed by atoms with Crippen molar-refractivity contribution in [2.45, 2.75) is 19.8 Å². The van der Waals surface area contributed by atoms with Crippen LogP contribution in [0.4, 0.5) is 17.5 Å². The molecule has 0 atom stereocenters. The first-order valence-corrected chi connectivity index (χ1v) is 8.05.